The fraction of sp³-hybridized carbons (Fsp3) is 0.286. The quantitative estimate of drug-likeness (QED) is 0.810. The number of rotatable bonds is 1. The van der Waals surface area contributed by atoms with Gasteiger partial charge in [0.2, 0.25) is 0 Å². The van der Waals surface area contributed by atoms with E-state index < -0.39 is 0 Å². The lowest BCUT2D eigenvalue weighted by molar-refractivity contribution is 0.547. The highest BCUT2D eigenvalue weighted by Crippen LogP contribution is 2.36. The maximum absolute atomic E-state index is 5.92. The summed E-state index contributed by atoms with van der Waals surface area (Å²) in [5.74, 6) is 0. The molecule has 2 aromatic rings. The molecule has 1 unspecified atom stereocenters. The smallest absolute Gasteiger partial charge is 0.0406 e. The van der Waals surface area contributed by atoms with E-state index in [-0.39, 0.29) is 0 Å². The van der Waals surface area contributed by atoms with Crippen molar-refractivity contribution in [1.82, 2.24) is 5.32 Å². The van der Waals surface area contributed by atoms with Crippen molar-refractivity contribution in [2.45, 2.75) is 19.4 Å². The zero-order chi connectivity index (χ0) is 11.8. The van der Waals surface area contributed by atoms with E-state index in [0.717, 1.165) is 18.0 Å². The Labute approximate surface area is 110 Å². The van der Waals surface area contributed by atoms with Crippen LogP contribution in [-0.2, 0) is 6.42 Å². The minimum atomic E-state index is 0.482. The van der Waals surface area contributed by atoms with Crippen LogP contribution in [0, 0.1) is 0 Å². The van der Waals surface area contributed by atoms with Crippen molar-refractivity contribution in [1.29, 1.82) is 0 Å². The van der Waals surface area contributed by atoms with Gasteiger partial charge in [0.25, 0.3) is 0 Å². The average Bonchev–Trinajstić information content (AvgIpc) is 2.75. The summed E-state index contributed by atoms with van der Waals surface area (Å²) in [4.78, 5) is 2.88. The van der Waals surface area contributed by atoms with Gasteiger partial charge in [0, 0.05) is 27.4 Å². The van der Waals surface area contributed by atoms with Crippen LogP contribution in [0.3, 0.4) is 0 Å². The van der Waals surface area contributed by atoms with Gasteiger partial charge in [0.05, 0.1) is 0 Å². The Kier molecular flexibility index (Phi) is 2.95. The highest BCUT2D eigenvalue weighted by Gasteiger charge is 2.19. The second-order valence-corrected chi connectivity index (χ2v) is 6.00. The first-order valence-corrected chi connectivity index (χ1v) is 7.05. The molecule has 0 fully saturated rings. The molecule has 1 aromatic heterocycles. The van der Waals surface area contributed by atoms with E-state index in [0.29, 0.717) is 6.04 Å². The van der Waals surface area contributed by atoms with Crippen LogP contribution in [0.15, 0.2) is 30.3 Å². The number of thiophene rings is 1. The van der Waals surface area contributed by atoms with Crippen molar-refractivity contribution in [2.24, 2.45) is 0 Å². The molecule has 1 aliphatic heterocycles. The minimum Gasteiger partial charge on any atom is -0.310 e. The second-order valence-electron chi connectivity index (χ2n) is 4.42. The van der Waals surface area contributed by atoms with E-state index >= 15 is 0 Å². The SMILES string of the molecule is CC1NCCc2sc(-c3ccc(Cl)cc3)cc21. The molecule has 0 radical (unpaired) electrons. The molecular weight excluding hydrogens is 250 g/mol. The Hall–Kier alpha value is -0.830. The zero-order valence-corrected chi connectivity index (χ0v) is 11.2. The van der Waals surface area contributed by atoms with Crippen molar-refractivity contribution < 1.29 is 0 Å². The molecule has 1 atom stereocenters. The Morgan fingerprint density at radius 1 is 1.29 bits per heavy atom. The van der Waals surface area contributed by atoms with E-state index in [4.69, 9.17) is 11.6 Å². The minimum absolute atomic E-state index is 0.482. The van der Waals surface area contributed by atoms with Gasteiger partial charge >= 0.3 is 0 Å². The van der Waals surface area contributed by atoms with Crippen LogP contribution in [0.2, 0.25) is 5.02 Å². The highest BCUT2D eigenvalue weighted by molar-refractivity contribution is 7.15. The number of benzene rings is 1. The van der Waals surface area contributed by atoms with Crippen LogP contribution < -0.4 is 5.32 Å². The normalized spacial score (nSPS) is 19.1. The first kappa shape index (κ1) is 11.3. The van der Waals surface area contributed by atoms with Crippen molar-refractivity contribution >= 4 is 22.9 Å². The molecule has 0 amide bonds. The third-order valence-corrected chi connectivity index (χ3v) is 4.75. The molecule has 2 heterocycles. The molecule has 88 valence electrons. The topological polar surface area (TPSA) is 12.0 Å². The van der Waals surface area contributed by atoms with Crippen LogP contribution in [0.25, 0.3) is 10.4 Å². The van der Waals surface area contributed by atoms with Gasteiger partial charge in [-0.25, -0.2) is 0 Å². The van der Waals surface area contributed by atoms with E-state index in [2.05, 4.69) is 30.4 Å². The van der Waals surface area contributed by atoms with E-state index in [1.54, 1.807) is 0 Å². The van der Waals surface area contributed by atoms with Gasteiger partial charge in [0.1, 0.15) is 0 Å². The first-order chi connectivity index (χ1) is 8.24. The summed E-state index contributed by atoms with van der Waals surface area (Å²) < 4.78 is 0. The van der Waals surface area contributed by atoms with E-state index in [1.165, 1.54) is 20.9 Å². The average molecular weight is 264 g/mol. The molecule has 3 heteroatoms. The van der Waals surface area contributed by atoms with Crippen molar-refractivity contribution in [3.63, 3.8) is 0 Å². The molecule has 3 rings (SSSR count). The monoisotopic (exact) mass is 263 g/mol. The lowest BCUT2D eigenvalue weighted by Crippen LogP contribution is -2.26. The Bertz CT molecular complexity index is 530. The number of halogens is 1. The Balaban J connectivity index is 2.02. The molecule has 0 saturated carbocycles. The van der Waals surface area contributed by atoms with Crippen LogP contribution in [-0.4, -0.2) is 6.54 Å². The van der Waals surface area contributed by atoms with E-state index in [9.17, 15) is 0 Å². The van der Waals surface area contributed by atoms with Crippen molar-refractivity contribution in [2.75, 3.05) is 6.54 Å². The second kappa shape index (κ2) is 4.45. The summed E-state index contributed by atoms with van der Waals surface area (Å²) in [6.07, 6.45) is 1.15. The molecular formula is C14H14ClNS. The van der Waals surface area contributed by atoms with Crippen molar-refractivity contribution in [3.8, 4) is 10.4 Å². The van der Waals surface area contributed by atoms with Gasteiger partial charge in [-0.15, -0.1) is 11.3 Å². The third-order valence-electron chi connectivity index (χ3n) is 3.24. The molecule has 1 aliphatic rings. The maximum Gasteiger partial charge on any atom is 0.0406 e. The molecule has 0 saturated heterocycles. The number of nitrogens with one attached hydrogen (secondary N) is 1. The van der Waals surface area contributed by atoms with Crippen LogP contribution in [0.1, 0.15) is 23.4 Å². The van der Waals surface area contributed by atoms with Crippen LogP contribution >= 0.6 is 22.9 Å². The maximum atomic E-state index is 5.92. The lowest BCUT2D eigenvalue weighted by Gasteiger charge is -2.19. The van der Waals surface area contributed by atoms with Gasteiger partial charge in [-0.1, -0.05) is 23.7 Å². The summed E-state index contributed by atoms with van der Waals surface area (Å²) in [7, 11) is 0. The Morgan fingerprint density at radius 2 is 2.06 bits per heavy atom. The largest absolute Gasteiger partial charge is 0.310 e. The highest BCUT2D eigenvalue weighted by atomic mass is 35.5. The lowest BCUT2D eigenvalue weighted by atomic mass is 10.0. The van der Waals surface area contributed by atoms with E-state index in [1.807, 2.05) is 23.5 Å². The first-order valence-electron chi connectivity index (χ1n) is 5.86. The van der Waals surface area contributed by atoms with Gasteiger partial charge in [-0.05, 0) is 42.7 Å². The predicted molar refractivity (Wildman–Crippen MR) is 74.9 cm³/mol. The summed E-state index contributed by atoms with van der Waals surface area (Å²) in [6, 6.07) is 10.9. The molecule has 1 N–H and O–H groups in total. The number of hydrogen-bond acceptors (Lipinski definition) is 2. The predicted octanol–water partition coefficient (Wildman–Crippen LogP) is 4.28. The molecule has 1 nitrogen and oxygen atoms in total. The fourth-order valence-corrected chi connectivity index (χ4v) is 3.66. The summed E-state index contributed by atoms with van der Waals surface area (Å²) in [6.45, 7) is 3.32. The van der Waals surface area contributed by atoms with Gasteiger partial charge in [-0.2, -0.15) is 0 Å². The Morgan fingerprint density at radius 3 is 2.76 bits per heavy atom. The van der Waals surface area contributed by atoms with Gasteiger partial charge in [-0.3, -0.25) is 0 Å². The molecule has 17 heavy (non-hydrogen) atoms. The van der Waals surface area contributed by atoms with Gasteiger partial charge in [0.15, 0.2) is 0 Å². The summed E-state index contributed by atoms with van der Waals surface area (Å²) in [5.41, 5.74) is 2.73. The van der Waals surface area contributed by atoms with Crippen molar-refractivity contribution in [3.05, 3.63) is 45.8 Å². The zero-order valence-electron chi connectivity index (χ0n) is 9.66. The third kappa shape index (κ3) is 2.13. The molecule has 0 bridgehead atoms. The van der Waals surface area contributed by atoms with Crippen LogP contribution in [0.4, 0.5) is 0 Å². The molecule has 0 spiro atoms. The number of hydrogen-bond donors (Lipinski definition) is 1. The fourth-order valence-electron chi connectivity index (χ4n) is 2.27. The van der Waals surface area contributed by atoms with Gasteiger partial charge < -0.3 is 5.32 Å². The summed E-state index contributed by atoms with van der Waals surface area (Å²) in [5, 5.41) is 4.29. The van der Waals surface area contributed by atoms with Crippen LogP contribution in [0.5, 0.6) is 0 Å². The number of fused-ring (bicyclic) bond motifs is 1. The molecule has 0 aliphatic carbocycles. The summed E-state index contributed by atoms with van der Waals surface area (Å²) >= 11 is 7.83. The molecule has 1 aromatic carbocycles. The standard InChI is InChI=1S/C14H14ClNS/c1-9-12-8-14(17-13(12)6-7-16-9)10-2-4-11(15)5-3-10/h2-5,8-9,16H,6-7H2,1H3.